The number of amides is 2. The average molecular weight is 241 g/mol. The van der Waals surface area contributed by atoms with Crippen molar-refractivity contribution in [2.45, 2.75) is 0 Å². The highest BCUT2D eigenvalue weighted by Gasteiger charge is 2.03. The van der Waals surface area contributed by atoms with E-state index in [1.807, 2.05) is 0 Å². The molecule has 0 unspecified atom stereocenters. The van der Waals surface area contributed by atoms with E-state index < -0.39 is 12.0 Å². The molecule has 0 spiro atoms. The first kappa shape index (κ1) is 12.1. The number of urea groups is 1. The third-order valence-corrected chi connectivity index (χ3v) is 1.91. The zero-order valence-corrected chi connectivity index (χ0v) is 8.86. The highest BCUT2D eigenvalue weighted by Crippen LogP contribution is 2.22. The van der Waals surface area contributed by atoms with Crippen LogP contribution in [-0.2, 0) is 4.79 Å². The summed E-state index contributed by atoms with van der Waals surface area (Å²) in [6.07, 6.45) is 2.29. The van der Waals surface area contributed by atoms with Crippen LogP contribution in [0.3, 0.4) is 0 Å². The van der Waals surface area contributed by atoms with E-state index in [0.29, 0.717) is 16.3 Å². The molecule has 1 aromatic carbocycles. The van der Waals surface area contributed by atoms with Gasteiger partial charge in [-0.1, -0.05) is 17.7 Å². The average Bonchev–Trinajstić information content (AvgIpc) is 2.15. The van der Waals surface area contributed by atoms with E-state index >= 15 is 0 Å². The Balaban J connectivity index is 3.06. The topological polar surface area (TPSA) is 92.4 Å². The van der Waals surface area contributed by atoms with Crippen LogP contribution in [0.2, 0.25) is 5.02 Å². The number of anilines is 1. The summed E-state index contributed by atoms with van der Waals surface area (Å²) in [6.45, 7) is 0. The molecule has 0 aliphatic rings. The number of hydrogen-bond acceptors (Lipinski definition) is 2. The molecule has 0 aromatic heterocycles. The number of nitrogens with two attached hydrogens (primary N) is 1. The van der Waals surface area contributed by atoms with Gasteiger partial charge in [-0.3, -0.25) is 0 Å². The van der Waals surface area contributed by atoms with Crippen LogP contribution in [0, 0.1) is 0 Å². The molecule has 0 radical (unpaired) electrons. The Morgan fingerprint density at radius 3 is 2.69 bits per heavy atom. The number of aliphatic carboxylic acids is 1. The van der Waals surface area contributed by atoms with Crippen molar-refractivity contribution in [3.05, 3.63) is 34.9 Å². The van der Waals surface area contributed by atoms with Crippen LogP contribution in [0.4, 0.5) is 10.5 Å². The number of hydrogen-bond donors (Lipinski definition) is 3. The quantitative estimate of drug-likeness (QED) is 0.705. The minimum absolute atomic E-state index is 0.359. The fraction of sp³-hybridized carbons (Fsp3) is 0. The number of carboxylic acids is 1. The molecule has 6 heteroatoms. The molecule has 2 amide bonds. The molecule has 0 aliphatic carbocycles. The van der Waals surface area contributed by atoms with E-state index in [1.54, 1.807) is 12.1 Å². The van der Waals surface area contributed by atoms with Gasteiger partial charge in [0, 0.05) is 11.1 Å². The highest BCUT2D eigenvalue weighted by molar-refractivity contribution is 6.31. The Hall–Kier alpha value is -2.01. The molecule has 0 saturated carbocycles. The predicted octanol–water partition coefficient (Wildman–Crippen LogP) is 1.93. The van der Waals surface area contributed by atoms with Gasteiger partial charge in [-0.2, -0.15) is 0 Å². The van der Waals surface area contributed by atoms with Crippen LogP contribution in [0.15, 0.2) is 24.3 Å². The molecule has 0 bridgehead atoms. The highest BCUT2D eigenvalue weighted by atomic mass is 35.5. The van der Waals surface area contributed by atoms with E-state index in [9.17, 15) is 9.59 Å². The van der Waals surface area contributed by atoms with Crippen LogP contribution in [0.5, 0.6) is 0 Å². The Kier molecular flexibility index (Phi) is 3.90. The van der Waals surface area contributed by atoms with Crippen molar-refractivity contribution in [1.29, 1.82) is 0 Å². The SMILES string of the molecule is NC(=O)Nc1cc(Cl)ccc1/C=C/C(=O)O. The van der Waals surface area contributed by atoms with Gasteiger partial charge < -0.3 is 16.2 Å². The van der Waals surface area contributed by atoms with Crippen molar-refractivity contribution >= 4 is 35.4 Å². The van der Waals surface area contributed by atoms with Crippen molar-refractivity contribution in [3.63, 3.8) is 0 Å². The van der Waals surface area contributed by atoms with Gasteiger partial charge in [0.1, 0.15) is 0 Å². The number of benzene rings is 1. The number of carbonyl (C=O) groups excluding carboxylic acids is 1. The zero-order valence-electron chi connectivity index (χ0n) is 8.11. The monoisotopic (exact) mass is 240 g/mol. The molecule has 1 rings (SSSR count). The first-order chi connectivity index (χ1) is 7.49. The molecule has 4 N–H and O–H groups in total. The Labute approximate surface area is 96.5 Å². The lowest BCUT2D eigenvalue weighted by Gasteiger charge is -2.06. The van der Waals surface area contributed by atoms with E-state index in [-0.39, 0.29) is 0 Å². The van der Waals surface area contributed by atoms with Gasteiger partial charge in [-0.25, -0.2) is 9.59 Å². The molecule has 0 fully saturated rings. The summed E-state index contributed by atoms with van der Waals surface area (Å²) >= 11 is 5.73. The maximum absolute atomic E-state index is 10.7. The van der Waals surface area contributed by atoms with Crippen LogP contribution in [-0.4, -0.2) is 17.1 Å². The third kappa shape index (κ3) is 3.62. The second-order valence-corrected chi connectivity index (χ2v) is 3.33. The van der Waals surface area contributed by atoms with Crippen molar-refractivity contribution in [2.24, 2.45) is 5.73 Å². The third-order valence-electron chi connectivity index (χ3n) is 1.68. The second-order valence-electron chi connectivity index (χ2n) is 2.89. The zero-order chi connectivity index (χ0) is 12.1. The summed E-state index contributed by atoms with van der Waals surface area (Å²) in [4.78, 5) is 21.0. The number of carbonyl (C=O) groups is 2. The van der Waals surface area contributed by atoms with Crippen molar-refractivity contribution < 1.29 is 14.7 Å². The second kappa shape index (κ2) is 5.18. The van der Waals surface area contributed by atoms with Gasteiger partial charge in [0.25, 0.3) is 0 Å². The summed E-state index contributed by atoms with van der Waals surface area (Å²) in [5, 5.41) is 11.2. The summed E-state index contributed by atoms with van der Waals surface area (Å²) in [5.74, 6) is -1.08. The van der Waals surface area contributed by atoms with Crippen LogP contribution in [0.1, 0.15) is 5.56 Å². The smallest absolute Gasteiger partial charge is 0.328 e. The Morgan fingerprint density at radius 2 is 2.12 bits per heavy atom. The van der Waals surface area contributed by atoms with Gasteiger partial charge in [0.15, 0.2) is 0 Å². The van der Waals surface area contributed by atoms with Crippen LogP contribution in [0.25, 0.3) is 6.08 Å². The minimum atomic E-state index is -1.08. The maximum atomic E-state index is 10.7. The maximum Gasteiger partial charge on any atom is 0.328 e. The van der Waals surface area contributed by atoms with Gasteiger partial charge in [0.2, 0.25) is 0 Å². The summed E-state index contributed by atoms with van der Waals surface area (Å²) in [5.41, 5.74) is 5.83. The Bertz CT molecular complexity index is 457. The predicted molar refractivity (Wildman–Crippen MR) is 61.3 cm³/mol. The lowest BCUT2D eigenvalue weighted by Crippen LogP contribution is -2.19. The molecule has 0 aliphatic heterocycles. The standard InChI is InChI=1S/C10H9ClN2O3/c11-7-3-1-6(2-4-9(14)15)8(5-7)13-10(12)16/h1-5H,(H,14,15)(H3,12,13,16)/b4-2+. The number of halogens is 1. The normalized spacial score (nSPS) is 10.3. The molecule has 0 heterocycles. The molecule has 0 atom stereocenters. The number of carboxylic acid groups (broad SMARTS) is 1. The molecule has 0 saturated heterocycles. The molecular weight excluding hydrogens is 232 g/mol. The van der Waals surface area contributed by atoms with E-state index in [0.717, 1.165) is 6.08 Å². The van der Waals surface area contributed by atoms with Gasteiger partial charge in [-0.05, 0) is 23.8 Å². The van der Waals surface area contributed by atoms with Crippen LogP contribution < -0.4 is 11.1 Å². The summed E-state index contributed by atoms with van der Waals surface area (Å²) in [7, 11) is 0. The molecule has 16 heavy (non-hydrogen) atoms. The van der Waals surface area contributed by atoms with Crippen molar-refractivity contribution in [3.8, 4) is 0 Å². The van der Waals surface area contributed by atoms with Gasteiger partial charge in [0.05, 0.1) is 5.69 Å². The fourth-order valence-electron chi connectivity index (χ4n) is 1.08. The lowest BCUT2D eigenvalue weighted by molar-refractivity contribution is -0.131. The first-order valence-corrected chi connectivity index (χ1v) is 4.64. The summed E-state index contributed by atoms with van der Waals surface area (Å²) < 4.78 is 0. The largest absolute Gasteiger partial charge is 0.478 e. The molecule has 5 nitrogen and oxygen atoms in total. The van der Waals surface area contributed by atoms with Gasteiger partial charge >= 0.3 is 12.0 Å². The van der Waals surface area contributed by atoms with E-state index in [2.05, 4.69) is 5.32 Å². The fourth-order valence-corrected chi connectivity index (χ4v) is 1.25. The molecule has 84 valence electrons. The lowest BCUT2D eigenvalue weighted by atomic mass is 10.1. The molecule has 1 aromatic rings. The van der Waals surface area contributed by atoms with Crippen molar-refractivity contribution in [1.82, 2.24) is 0 Å². The summed E-state index contributed by atoms with van der Waals surface area (Å²) in [6, 6.07) is 3.89. The minimum Gasteiger partial charge on any atom is -0.478 e. The number of rotatable bonds is 3. The van der Waals surface area contributed by atoms with Crippen molar-refractivity contribution in [2.75, 3.05) is 5.32 Å². The first-order valence-electron chi connectivity index (χ1n) is 4.26. The number of primary amides is 1. The van der Waals surface area contributed by atoms with Crippen LogP contribution >= 0.6 is 11.6 Å². The Morgan fingerprint density at radius 1 is 1.44 bits per heavy atom. The molecular formula is C10H9ClN2O3. The van der Waals surface area contributed by atoms with Gasteiger partial charge in [-0.15, -0.1) is 0 Å². The van der Waals surface area contributed by atoms with E-state index in [4.69, 9.17) is 22.4 Å². The number of nitrogens with one attached hydrogen (secondary N) is 1. The van der Waals surface area contributed by atoms with E-state index in [1.165, 1.54) is 12.1 Å².